The molecule has 2 aliphatic heterocycles. The molecule has 0 saturated carbocycles. The summed E-state index contributed by atoms with van der Waals surface area (Å²) in [6.45, 7) is 0.601. The number of pyridine rings is 2. The van der Waals surface area contributed by atoms with E-state index in [-0.39, 0.29) is 15.6 Å². The highest BCUT2D eigenvalue weighted by Crippen LogP contribution is 2.34. The van der Waals surface area contributed by atoms with Crippen LogP contribution in [0.25, 0.3) is 32.8 Å². The molecule has 0 spiro atoms. The standard InChI is InChI=1S/C23H14Cl2N6OS/c24-17-10-26-11-18(25)21(17)31-23(32)16-13-29(19-6-9-33-22(19)20(16)28-31)12-14-2-4-15(5-3-14)30-8-1-7-27-30/h1-11,13H,12H2. The fourth-order valence-corrected chi connectivity index (χ4v) is 5.32. The minimum atomic E-state index is -0.280. The Morgan fingerprint density at radius 3 is 2.55 bits per heavy atom. The largest absolute Gasteiger partial charge is 0.341 e. The Morgan fingerprint density at radius 2 is 1.82 bits per heavy atom. The van der Waals surface area contributed by atoms with E-state index in [0.717, 1.165) is 21.5 Å². The van der Waals surface area contributed by atoms with E-state index >= 15 is 0 Å². The van der Waals surface area contributed by atoms with Crippen molar-refractivity contribution in [2.24, 2.45) is 0 Å². The summed E-state index contributed by atoms with van der Waals surface area (Å²) >= 11 is 14.1. The summed E-state index contributed by atoms with van der Waals surface area (Å²) < 4.78 is 6.07. The van der Waals surface area contributed by atoms with Crippen molar-refractivity contribution in [2.45, 2.75) is 6.54 Å². The smallest absolute Gasteiger partial charge is 0.282 e. The number of nitrogens with zero attached hydrogens (tertiary/aromatic N) is 6. The average Bonchev–Trinajstić information content (AvgIpc) is 3.56. The van der Waals surface area contributed by atoms with Gasteiger partial charge in [0.25, 0.3) is 5.56 Å². The molecule has 0 amide bonds. The number of benzene rings is 1. The highest BCUT2D eigenvalue weighted by molar-refractivity contribution is 7.17. The number of rotatable bonds is 4. The van der Waals surface area contributed by atoms with Crippen LogP contribution in [-0.2, 0) is 6.54 Å². The third kappa shape index (κ3) is 3.34. The lowest BCUT2D eigenvalue weighted by Crippen LogP contribution is -2.16. The fraction of sp³-hybridized carbons (Fsp3) is 0.0435. The van der Waals surface area contributed by atoms with Crippen LogP contribution in [0.2, 0.25) is 10.0 Å². The van der Waals surface area contributed by atoms with Crippen LogP contribution in [-0.4, -0.2) is 29.1 Å². The highest BCUT2D eigenvalue weighted by atomic mass is 35.5. The molecule has 1 aromatic carbocycles. The first-order valence-corrected chi connectivity index (χ1v) is 11.6. The molecular weight excluding hydrogens is 479 g/mol. The van der Waals surface area contributed by atoms with Gasteiger partial charge < -0.3 is 4.57 Å². The minimum absolute atomic E-state index is 0.264. The van der Waals surface area contributed by atoms with E-state index in [4.69, 9.17) is 23.2 Å². The summed E-state index contributed by atoms with van der Waals surface area (Å²) in [5.41, 5.74) is 4.27. The van der Waals surface area contributed by atoms with Crippen LogP contribution < -0.4 is 5.56 Å². The van der Waals surface area contributed by atoms with Crippen LogP contribution in [0.1, 0.15) is 5.56 Å². The maximum absolute atomic E-state index is 13.3. The zero-order valence-corrected chi connectivity index (χ0v) is 19.2. The SMILES string of the molecule is O=c1c2cn(Cc3ccc(-n4cccn4)cc3)c3ccsc3c-2nn1-c1c(Cl)cncc1Cl. The molecule has 0 saturated heterocycles. The second kappa shape index (κ2) is 7.84. The summed E-state index contributed by atoms with van der Waals surface area (Å²) in [6, 6.07) is 12.1. The van der Waals surface area contributed by atoms with Gasteiger partial charge in [-0.05, 0) is 35.2 Å². The van der Waals surface area contributed by atoms with Gasteiger partial charge >= 0.3 is 0 Å². The highest BCUT2D eigenvalue weighted by Gasteiger charge is 2.24. The predicted molar refractivity (Wildman–Crippen MR) is 130 cm³/mol. The molecule has 3 aromatic heterocycles. The molecule has 0 bridgehead atoms. The van der Waals surface area contributed by atoms with Crippen LogP contribution in [0.4, 0.5) is 0 Å². The molecule has 0 fully saturated rings. The zero-order valence-electron chi connectivity index (χ0n) is 16.9. The molecule has 0 atom stereocenters. The summed E-state index contributed by atoms with van der Waals surface area (Å²) in [6.07, 6.45) is 8.39. The quantitative estimate of drug-likeness (QED) is 0.335. The van der Waals surface area contributed by atoms with Gasteiger partial charge in [-0.15, -0.1) is 11.3 Å². The average molecular weight is 493 g/mol. The fourth-order valence-electron chi connectivity index (χ4n) is 3.89. The molecule has 162 valence electrons. The lowest BCUT2D eigenvalue weighted by molar-refractivity contribution is 0.825. The molecule has 0 radical (unpaired) electrons. The molecule has 0 N–H and O–H groups in total. The van der Waals surface area contributed by atoms with E-state index in [1.807, 2.05) is 46.7 Å². The maximum atomic E-state index is 13.3. The minimum Gasteiger partial charge on any atom is -0.341 e. The van der Waals surface area contributed by atoms with Crippen LogP contribution in [0.5, 0.6) is 0 Å². The number of hydrogen-bond acceptors (Lipinski definition) is 5. The molecule has 6 rings (SSSR count). The first-order chi connectivity index (χ1) is 16.1. The summed E-state index contributed by atoms with van der Waals surface area (Å²) in [4.78, 5) is 17.3. The molecule has 7 nitrogen and oxygen atoms in total. The number of halogens is 2. The van der Waals surface area contributed by atoms with Gasteiger partial charge in [0.05, 0.1) is 31.5 Å². The maximum Gasteiger partial charge on any atom is 0.282 e. The van der Waals surface area contributed by atoms with E-state index in [2.05, 4.69) is 31.9 Å². The summed E-state index contributed by atoms with van der Waals surface area (Å²) in [5, 5.41) is 11.4. The Bertz CT molecular complexity index is 1610. The van der Waals surface area contributed by atoms with Crippen LogP contribution >= 0.6 is 34.5 Å². The Morgan fingerprint density at radius 1 is 1.03 bits per heavy atom. The lowest BCUT2D eigenvalue weighted by atomic mass is 10.1. The van der Waals surface area contributed by atoms with Crippen molar-refractivity contribution in [3.63, 3.8) is 0 Å². The number of thiophene rings is 1. The summed E-state index contributed by atoms with van der Waals surface area (Å²) in [5.74, 6) is 0. The Balaban J connectivity index is 1.47. The van der Waals surface area contributed by atoms with Gasteiger partial charge in [0.2, 0.25) is 0 Å². The molecule has 0 aliphatic carbocycles. The lowest BCUT2D eigenvalue weighted by Gasteiger charge is -2.12. The molecule has 0 unspecified atom stereocenters. The predicted octanol–water partition coefficient (Wildman–Crippen LogP) is 5.29. The molecular formula is C23H14Cl2N6OS. The monoisotopic (exact) mass is 492 g/mol. The normalized spacial score (nSPS) is 11.6. The van der Waals surface area contributed by atoms with Crippen molar-refractivity contribution < 1.29 is 0 Å². The van der Waals surface area contributed by atoms with E-state index < -0.39 is 0 Å². The Labute approximate surface area is 201 Å². The van der Waals surface area contributed by atoms with E-state index in [9.17, 15) is 4.79 Å². The zero-order chi connectivity index (χ0) is 22.5. The van der Waals surface area contributed by atoms with E-state index in [1.54, 1.807) is 17.5 Å². The first kappa shape index (κ1) is 20.2. The topological polar surface area (TPSA) is 70.5 Å². The van der Waals surface area contributed by atoms with Gasteiger partial charge in [0.15, 0.2) is 0 Å². The number of aromatic nitrogens is 6. The van der Waals surface area contributed by atoms with Crippen molar-refractivity contribution in [1.29, 1.82) is 0 Å². The molecule has 4 aromatic rings. The second-order valence-electron chi connectivity index (χ2n) is 7.44. The number of hydrogen-bond donors (Lipinski definition) is 0. The van der Waals surface area contributed by atoms with Gasteiger partial charge in [-0.3, -0.25) is 9.78 Å². The van der Waals surface area contributed by atoms with Crippen molar-refractivity contribution in [3.05, 3.63) is 98.7 Å². The molecule has 5 heterocycles. The number of fused-ring (bicyclic) bond motifs is 3. The van der Waals surface area contributed by atoms with Crippen molar-refractivity contribution in [2.75, 3.05) is 0 Å². The van der Waals surface area contributed by atoms with E-state index in [0.29, 0.717) is 23.5 Å². The van der Waals surface area contributed by atoms with Crippen molar-refractivity contribution in [1.82, 2.24) is 29.1 Å². The molecule has 2 aliphatic rings. The van der Waals surface area contributed by atoms with Crippen molar-refractivity contribution in [3.8, 4) is 22.6 Å². The Hall–Kier alpha value is -3.46. The van der Waals surface area contributed by atoms with Crippen molar-refractivity contribution >= 4 is 44.8 Å². The van der Waals surface area contributed by atoms with Gasteiger partial charge in [0, 0.05) is 37.5 Å². The van der Waals surface area contributed by atoms with E-state index in [1.165, 1.54) is 17.1 Å². The second-order valence-corrected chi connectivity index (χ2v) is 9.17. The van der Waals surface area contributed by atoms with Crippen LogP contribution in [0, 0.1) is 0 Å². The first-order valence-electron chi connectivity index (χ1n) is 9.98. The van der Waals surface area contributed by atoms with Gasteiger partial charge in [-0.2, -0.15) is 14.9 Å². The van der Waals surface area contributed by atoms with Gasteiger partial charge in [-0.1, -0.05) is 35.3 Å². The third-order valence-electron chi connectivity index (χ3n) is 5.43. The van der Waals surface area contributed by atoms with Gasteiger partial charge in [0.1, 0.15) is 11.4 Å². The summed E-state index contributed by atoms with van der Waals surface area (Å²) in [7, 11) is 0. The van der Waals surface area contributed by atoms with Gasteiger partial charge in [-0.25, -0.2) is 4.68 Å². The van der Waals surface area contributed by atoms with Crippen LogP contribution in [0.3, 0.4) is 0 Å². The third-order valence-corrected chi connectivity index (χ3v) is 6.89. The Kier molecular flexibility index (Phi) is 4.79. The molecule has 10 heteroatoms. The molecule has 33 heavy (non-hydrogen) atoms. The van der Waals surface area contributed by atoms with Crippen LogP contribution in [0.15, 0.2) is 77.6 Å².